The highest BCUT2D eigenvalue weighted by Crippen LogP contribution is 2.21. The smallest absolute Gasteiger partial charge is 0.378 e. The molecule has 0 aromatic heterocycles. The van der Waals surface area contributed by atoms with Crippen molar-refractivity contribution in [3.8, 4) is 0 Å². The Bertz CT molecular complexity index is 453. The Morgan fingerprint density at radius 2 is 1.92 bits per heavy atom. The van der Waals surface area contributed by atoms with Gasteiger partial charge in [-0.1, -0.05) is 0 Å². The lowest BCUT2D eigenvalue weighted by Gasteiger charge is -2.38. The van der Waals surface area contributed by atoms with Crippen molar-refractivity contribution >= 4 is 11.8 Å². The summed E-state index contributed by atoms with van der Waals surface area (Å²) in [6.07, 6.45) is -2.94. The number of piperidine rings is 1. The van der Waals surface area contributed by atoms with E-state index >= 15 is 0 Å². The van der Waals surface area contributed by atoms with Crippen molar-refractivity contribution in [2.24, 2.45) is 5.92 Å². The maximum absolute atomic E-state index is 12.5. The first-order valence-corrected chi connectivity index (χ1v) is 8.23. The highest BCUT2D eigenvalue weighted by molar-refractivity contribution is 5.82. The number of hydrogen-bond acceptors (Lipinski definition) is 4. The van der Waals surface area contributed by atoms with Gasteiger partial charge in [0.1, 0.15) is 6.54 Å². The van der Waals surface area contributed by atoms with Gasteiger partial charge >= 0.3 is 6.18 Å². The maximum atomic E-state index is 12.5. The van der Waals surface area contributed by atoms with Gasteiger partial charge in [-0.05, 0) is 26.3 Å². The Kier molecular flexibility index (Phi) is 6.45. The highest BCUT2D eigenvalue weighted by atomic mass is 19.4. The van der Waals surface area contributed by atoms with E-state index in [1.807, 2.05) is 5.32 Å². The minimum atomic E-state index is -4.42. The van der Waals surface area contributed by atoms with Crippen LogP contribution in [0.2, 0.25) is 0 Å². The van der Waals surface area contributed by atoms with E-state index in [2.05, 4.69) is 0 Å². The maximum Gasteiger partial charge on any atom is 0.405 e. The van der Waals surface area contributed by atoms with Crippen LogP contribution in [0.5, 0.6) is 0 Å². The summed E-state index contributed by atoms with van der Waals surface area (Å²) in [4.78, 5) is 28.0. The van der Waals surface area contributed by atoms with Crippen LogP contribution in [0.1, 0.15) is 19.8 Å². The molecule has 2 fully saturated rings. The van der Waals surface area contributed by atoms with E-state index in [4.69, 9.17) is 4.74 Å². The van der Waals surface area contributed by atoms with Crippen molar-refractivity contribution < 1.29 is 27.5 Å². The number of morpholine rings is 1. The van der Waals surface area contributed by atoms with Crippen molar-refractivity contribution in [2.45, 2.75) is 32.0 Å². The summed E-state index contributed by atoms with van der Waals surface area (Å²) in [5, 5.41) is 1.91. The van der Waals surface area contributed by atoms with Crippen molar-refractivity contribution in [3.05, 3.63) is 0 Å². The van der Waals surface area contributed by atoms with Gasteiger partial charge in [0.2, 0.25) is 11.8 Å². The largest absolute Gasteiger partial charge is 0.405 e. The third-order valence-electron chi connectivity index (χ3n) is 4.52. The summed E-state index contributed by atoms with van der Waals surface area (Å²) in [7, 11) is 0. The topological polar surface area (TPSA) is 61.9 Å². The Morgan fingerprint density at radius 1 is 1.25 bits per heavy atom. The number of amides is 2. The summed E-state index contributed by atoms with van der Waals surface area (Å²) >= 11 is 0. The van der Waals surface area contributed by atoms with Crippen LogP contribution in [-0.4, -0.2) is 79.8 Å². The zero-order valence-corrected chi connectivity index (χ0v) is 13.8. The summed E-state index contributed by atoms with van der Waals surface area (Å²) in [6.45, 7) is 3.43. The number of nitrogens with one attached hydrogen (secondary N) is 1. The van der Waals surface area contributed by atoms with Crippen LogP contribution in [0.15, 0.2) is 0 Å². The molecule has 2 unspecified atom stereocenters. The fourth-order valence-electron chi connectivity index (χ4n) is 3.10. The number of nitrogens with zero attached hydrogens (tertiary/aromatic N) is 2. The molecule has 2 amide bonds. The van der Waals surface area contributed by atoms with Gasteiger partial charge in [0, 0.05) is 19.6 Å². The summed E-state index contributed by atoms with van der Waals surface area (Å²) in [5.74, 6) is -0.826. The minimum Gasteiger partial charge on any atom is -0.378 e. The number of alkyl halides is 3. The standard InChI is InChI=1S/C15H24F3N3O3/c1-11(13(22)19-10-15(16,17)18)21-4-2-3-12(9-21)14(23)20-5-7-24-8-6-20/h11-12H,2-10H2,1H3,(H,19,22). The lowest BCUT2D eigenvalue weighted by Crippen LogP contribution is -2.53. The zero-order chi connectivity index (χ0) is 17.7. The van der Waals surface area contributed by atoms with E-state index in [9.17, 15) is 22.8 Å². The highest BCUT2D eigenvalue weighted by Gasteiger charge is 2.34. The molecule has 24 heavy (non-hydrogen) atoms. The third-order valence-corrected chi connectivity index (χ3v) is 4.52. The fraction of sp³-hybridized carbons (Fsp3) is 0.867. The van der Waals surface area contributed by atoms with Crippen molar-refractivity contribution in [1.29, 1.82) is 0 Å². The fourth-order valence-corrected chi connectivity index (χ4v) is 3.10. The van der Waals surface area contributed by atoms with Gasteiger partial charge in [0.05, 0.1) is 25.2 Å². The van der Waals surface area contributed by atoms with Crippen LogP contribution in [0.25, 0.3) is 0 Å². The van der Waals surface area contributed by atoms with Crippen LogP contribution < -0.4 is 5.32 Å². The van der Waals surface area contributed by atoms with Gasteiger partial charge in [0.25, 0.3) is 0 Å². The van der Waals surface area contributed by atoms with Gasteiger partial charge in [-0.3, -0.25) is 14.5 Å². The molecule has 0 spiro atoms. The quantitative estimate of drug-likeness (QED) is 0.807. The molecule has 2 rings (SSSR count). The van der Waals surface area contributed by atoms with Crippen LogP contribution in [0.3, 0.4) is 0 Å². The van der Waals surface area contributed by atoms with Gasteiger partial charge in [-0.2, -0.15) is 13.2 Å². The molecular weight excluding hydrogens is 327 g/mol. The second-order valence-corrected chi connectivity index (χ2v) is 6.28. The van der Waals surface area contributed by atoms with Crippen molar-refractivity contribution in [1.82, 2.24) is 15.1 Å². The number of carbonyl (C=O) groups excluding carboxylic acids is 2. The second-order valence-electron chi connectivity index (χ2n) is 6.28. The molecule has 0 saturated carbocycles. The SMILES string of the molecule is CC(C(=O)NCC(F)(F)F)N1CCCC(C(=O)N2CCOCC2)C1. The van der Waals surface area contributed by atoms with E-state index in [0.29, 0.717) is 39.4 Å². The monoisotopic (exact) mass is 351 g/mol. The van der Waals surface area contributed by atoms with E-state index < -0.39 is 24.7 Å². The second kappa shape index (κ2) is 8.15. The molecule has 2 atom stereocenters. The summed E-state index contributed by atoms with van der Waals surface area (Å²) in [6, 6.07) is -0.687. The Balaban J connectivity index is 1.87. The Morgan fingerprint density at radius 3 is 2.54 bits per heavy atom. The molecule has 6 nitrogen and oxygen atoms in total. The molecule has 9 heteroatoms. The third kappa shape index (κ3) is 5.34. The zero-order valence-electron chi connectivity index (χ0n) is 13.8. The van der Waals surface area contributed by atoms with Crippen LogP contribution in [0, 0.1) is 5.92 Å². The molecule has 138 valence electrons. The molecular formula is C15H24F3N3O3. The lowest BCUT2D eigenvalue weighted by molar-refractivity contribution is -0.145. The van der Waals surface area contributed by atoms with Gasteiger partial charge < -0.3 is 15.0 Å². The molecule has 2 aliphatic heterocycles. The number of ether oxygens (including phenoxy) is 1. The average Bonchev–Trinajstić information content (AvgIpc) is 2.58. The van der Waals surface area contributed by atoms with Crippen LogP contribution in [0.4, 0.5) is 13.2 Å². The lowest BCUT2D eigenvalue weighted by atomic mass is 9.95. The predicted octanol–water partition coefficient (Wildman–Crippen LogP) is 0.624. The number of halogens is 3. The summed E-state index contributed by atoms with van der Waals surface area (Å²) in [5.41, 5.74) is 0. The van der Waals surface area contributed by atoms with E-state index in [0.717, 1.165) is 12.8 Å². The molecule has 2 saturated heterocycles. The Labute approximate surface area is 139 Å². The van der Waals surface area contributed by atoms with Gasteiger partial charge in [0.15, 0.2) is 0 Å². The van der Waals surface area contributed by atoms with E-state index in [-0.39, 0.29) is 11.8 Å². The number of hydrogen-bond donors (Lipinski definition) is 1. The molecule has 0 aliphatic carbocycles. The molecule has 1 N–H and O–H groups in total. The van der Waals surface area contributed by atoms with Crippen LogP contribution in [-0.2, 0) is 14.3 Å². The predicted molar refractivity (Wildman–Crippen MR) is 80.2 cm³/mol. The molecule has 2 heterocycles. The average molecular weight is 351 g/mol. The molecule has 0 aromatic carbocycles. The molecule has 0 bridgehead atoms. The Hall–Kier alpha value is -1.35. The van der Waals surface area contributed by atoms with E-state index in [1.165, 1.54) is 0 Å². The molecule has 2 aliphatic rings. The summed E-state index contributed by atoms with van der Waals surface area (Å²) < 4.78 is 41.9. The van der Waals surface area contributed by atoms with Gasteiger partial charge in [-0.15, -0.1) is 0 Å². The van der Waals surface area contributed by atoms with Crippen molar-refractivity contribution in [2.75, 3.05) is 45.9 Å². The van der Waals surface area contributed by atoms with E-state index in [1.54, 1.807) is 16.7 Å². The normalized spacial score (nSPS) is 24.5. The molecule has 0 aromatic rings. The van der Waals surface area contributed by atoms with Gasteiger partial charge in [-0.25, -0.2) is 0 Å². The van der Waals surface area contributed by atoms with Crippen LogP contribution >= 0.6 is 0 Å². The van der Waals surface area contributed by atoms with Crippen molar-refractivity contribution in [3.63, 3.8) is 0 Å². The number of carbonyl (C=O) groups is 2. The number of likely N-dealkylation sites (tertiary alicyclic amines) is 1. The first-order valence-electron chi connectivity index (χ1n) is 8.23. The minimum absolute atomic E-state index is 0.0471. The number of rotatable bonds is 4. The first-order chi connectivity index (χ1) is 11.3. The molecule has 0 radical (unpaired) electrons. The first kappa shape index (κ1) is 19.0.